The quantitative estimate of drug-likeness (QED) is 0.736. The minimum atomic E-state index is -0.890. The van der Waals surface area contributed by atoms with Crippen LogP contribution in [0.1, 0.15) is 18.2 Å². The highest BCUT2D eigenvalue weighted by Crippen LogP contribution is 2.27. The monoisotopic (exact) mass is 288 g/mol. The van der Waals surface area contributed by atoms with E-state index in [2.05, 4.69) is 0 Å². The number of aliphatic hydroxyl groups is 2. The third-order valence-electron chi connectivity index (χ3n) is 3.37. The second-order valence-electron chi connectivity index (χ2n) is 4.76. The Kier molecular flexibility index (Phi) is 4.36. The van der Waals surface area contributed by atoms with Gasteiger partial charge in [0, 0.05) is 18.2 Å². The van der Waals surface area contributed by atoms with E-state index < -0.39 is 36.4 Å². The Hall–Kier alpha value is -1.51. The zero-order valence-corrected chi connectivity index (χ0v) is 11.0. The van der Waals surface area contributed by atoms with Gasteiger partial charge in [-0.25, -0.2) is 9.18 Å². The minimum Gasteiger partial charge on any atom is -0.394 e. The molecule has 0 aromatic carbocycles. The van der Waals surface area contributed by atoms with Crippen molar-refractivity contribution >= 4 is 0 Å². The molecule has 0 saturated carbocycles. The summed E-state index contributed by atoms with van der Waals surface area (Å²) in [7, 11) is 0. The van der Waals surface area contributed by atoms with Crippen molar-refractivity contribution in [3.8, 4) is 0 Å². The minimum absolute atomic E-state index is 0.123. The summed E-state index contributed by atoms with van der Waals surface area (Å²) >= 11 is 0. The van der Waals surface area contributed by atoms with Crippen LogP contribution in [0, 0.1) is 6.92 Å². The normalized spacial score (nSPS) is 26.1. The fourth-order valence-electron chi connectivity index (χ4n) is 2.30. The van der Waals surface area contributed by atoms with E-state index in [0.29, 0.717) is 0 Å². The van der Waals surface area contributed by atoms with E-state index in [-0.39, 0.29) is 25.1 Å². The Morgan fingerprint density at radius 2 is 2.20 bits per heavy atom. The molecule has 0 unspecified atom stereocenters. The van der Waals surface area contributed by atoms with Crippen molar-refractivity contribution in [2.75, 3.05) is 13.3 Å². The predicted octanol–water partition coefficient (Wildman–Crippen LogP) is -1.07. The first-order chi connectivity index (χ1) is 9.49. The van der Waals surface area contributed by atoms with Crippen molar-refractivity contribution in [1.82, 2.24) is 9.13 Å². The molecule has 7 nitrogen and oxygen atoms in total. The average Bonchev–Trinajstić information content (AvgIpc) is 2.80. The first-order valence-corrected chi connectivity index (χ1v) is 6.32. The molecule has 0 bridgehead atoms. The Labute approximate surface area is 113 Å². The number of aromatic nitrogens is 2. The molecule has 2 rings (SSSR count). The third-order valence-corrected chi connectivity index (χ3v) is 3.37. The summed E-state index contributed by atoms with van der Waals surface area (Å²) in [4.78, 5) is 23.9. The van der Waals surface area contributed by atoms with Crippen LogP contribution in [0.3, 0.4) is 0 Å². The number of ether oxygens (including phenoxy) is 1. The van der Waals surface area contributed by atoms with Gasteiger partial charge in [0.15, 0.2) is 0 Å². The number of aryl methyl sites for hydroxylation is 1. The maximum Gasteiger partial charge on any atom is 0.333 e. The number of aliphatic hydroxyl groups excluding tert-OH is 2. The van der Waals surface area contributed by atoms with Gasteiger partial charge < -0.3 is 14.9 Å². The van der Waals surface area contributed by atoms with Crippen LogP contribution in [-0.2, 0) is 11.3 Å². The van der Waals surface area contributed by atoms with E-state index in [4.69, 9.17) is 9.84 Å². The summed E-state index contributed by atoms with van der Waals surface area (Å²) in [6.07, 6.45) is -0.984. The number of rotatable bonds is 4. The molecule has 0 amide bonds. The molecule has 20 heavy (non-hydrogen) atoms. The van der Waals surface area contributed by atoms with Crippen LogP contribution in [0.25, 0.3) is 0 Å². The lowest BCUT2D eigenvalue weighted by atomic mass is 10.2. The first kappa shape index (κ1) is 14.9. The molecule has 0 radical (unpaired) electrons. The van der Waals surface area contributed by atoms with Gasteiger partial charge in [-0.05, 0) is 6.92 Å². The summed E-state index contributed by atoms with van der Waals surface area (Å²) < 4.78 is 19.8. The second kappa shape index (κ2) is 5.86. The third kappa shape index (κ3) is 2.54. The molecule has 1 aromatic rings. The average molecular weight is 288 g/mol. The highest BCUT2D eigenvalue weighted by Gasteiger charge is 2.35. The van der Waals surface area contributed by atoms with Crippen molar-refractivity contribution in [3.05, 3.63) is 32.6 Å². The second-order valence-corrected chi connectivity index (χ2v) is 4.76. The lowest BCUT2D eigenvalue weighted by Gasteiger charge is -2.17. The van der Waals surface area contributed by atoms with Crippen LogP contribution < -0.4 is 11.2 Å². The molecule has 1 aliphatic rings. The molecular formula is C12H17FN2O5. The topological polar surface area (TPSA) is 93.7 Å². The van der Waals surface area contributed by atoms with Crippen molar-refractivity contribution in [2.24, 2.45) is 0 Å². The molecule has 1 aliphatic heterocycles. The van der Waals surface area contributed by atoms with Crippen molar-refractivity contribution < 1.29 is 19.3 Å². The molecule has 8 heteroatoms. The molecule has 2 heterocycles. The standard InChI is InChI=1S/C12H17FN2O5/c1-7-5-15(10-4-8(17)9(6-16)20-10)12(19)14(3-2-13)11(7)18/h5,8-10,16-17H,2-4,6H2,1H3/t8-,9+,10+/m0/s1. The van der Waals surface area contributed by atoms with Crippen LogP contribution >= 0.6 is 0 Å². The van der Waals surface area contributed by atoms with Crippen LogP contribution in [0.15, 0.2) is 15.8 Å². The van der Waals surface area contributed by atoms with Gasteiger partial charge in [-0.2, -0.15) is 0 Å². The van der Waals surface area contributed by atoms with Gasteiger partial charge in [0.05, 0.1) is 19.3 Å². The van der Waals surface area contributed by atoms with E-state index in [9.17, 15) is 19.1 Å². The van der Waals surface area contributed by atoms with Crippen LogP contribution in [0.2, 0.25) is 0 Å². The van der Waals surface area contributed by atoms with Crippen molar-refractivity contribution in [2.45, 2.75) is 38.3 Å². The van der Waals surface area contributed by atoms with Gasteiger partial charge in [0.1, 0.15) is 19.0 Å². The van der Waals surface area contributed by atoms with E-state index in [1.807, 2.05) is 0 Å². The molecule has 0 spiro atoms. The Morgan fingerprint density at radius 3 is 2.75 bits per heavy atom. The Balaban J connectivity index is 2.43. The fraction of sp³-hybridized carbons (Fsp3) is 0.667. The van der Waals surface area contributed by atoms with Gasteiger partial charge in [0.25, 0.3) is 5.56 Å². The zero-order valence-electron chi connectivity index (χ0n) is 11.0. The SMILES string of the molecule is Cc1cn([C@H]2C[C@H](O)[C@@H](CO)O2)c(=O)n(CCF)c1=O. The van der Waals surface area contributed by atoms with Crippen LogP contribution in [-0.4, -0.2) is 44.8 Å². The number of hydrogen-bond donors (Lipinski definition) is 2. The fourth-order valence-corrected chi connectivity index (χ4v) is 2.30. The van der Waals surface area contributed by atoms with Gasteiger partial charge in [-0.3, -0.25) is 13.9 Å². The summed E-state index contributed by atoms with van der Waals surface area (Å²) in [5, 5.41) is 18.7. The first-order valence-electron chi connectivity index (χ1n) is 6.32. The largest absolute Gasteiger partial charge is 0.394 e. The molecule has 2 N–H and O–H groups in total. The van der Waals surface area contributed by atoms with E-state index in [0.717, 1.165) is 9.13 Å². The number of halogens is 1. The highest BCUT2D eigenvalue weighted by atomic mass is 19.1. The van der Waals surface area contributed by atoms with Gasteiger partial charge in [-0.1, -0.05) is 0 Å². The van der Waals surface area contributed by atoms with Crippen molar-refractivity contribution in [1.29, 1.82) is 0 Å². The summed E-state index contributed by atoms with van der Waals surface area (Å²) in [6.45, 7) is 0.00148. The van der Waals surface area contributed by atoms with Crippen LogP contribution in [0.4, 0.5) is 4.39 Å². The Morgan fingerprint density at radius 1 is 1.50 bits per heavy atom. The molecule has 1 aromatic heterocycles. The maximum absolute atomic E-state index is 12.4. The maximum atomic E-state index is 12.4. The summed E-state index contributed by atoms with van der Waals surface area (Å²) in [5.41, 5.74) is -0.946. The zero-order chi connectivity index (χ0) is 14.9. The molecular weight excluding hydrogens is 271 g/mol. The Bertz CT molecular complexity index is 596. The van der Waals surface area contributed by atoms with Gasteiger partial charge in [0.2, 0.25) is 0 Å². The summed E-state index contributed by atoms with van der Waals surface area (Å²) in [5.74, 6) is 0. The van der Waals surface area contributed by atoms with E-state index in [1.54, 1.807) is 0 Å². The molecule has 0 aliphatic carbocycles. The van der Waals surface area contributed by atoms with E-state index >= 15 is 0 Å². The smallest absolute Gasteiger partial charge is 0.333 e. The lowest BCUT2D eigenvalue weighted by molar-refractivity contribution is -0.0464. The number of hydrogen-bond acceptors (Lipinski definition) is 5. The molecule has 3 atom stereocenters. The lowest BCUT2D eigenvalue weighted by Crippen LogP contribution is -2.42. The predicted molar refractivity (Wildman–Crippen MR) is 67.3 cm³/mol. The molecule has 112 valence electrons. The molecule has 1 saturated heterocycles. The van der Waals surface area contributed by atoms with Gasteiger partial charge >= 0.3 is 5.69 Å². The van der Waals surface area contributed by atoms with Gasteiger partial charge in [-0.15, -0.1) is 0 Å². The van der Waals surface area contributed by atoms with Crippen molar-refractivity contribution in [3.63, 3.8) is 0 Å². The van der Waals surface area contributed by atoms with E-state index in [1.165, 1.54) is 13.1 Å². The summed E-state index contributed by atoms with van der Waals surface area (Å²) in [6, 6.07) is 0. The van der Waals surface area contributed by atoms with Crippen LogP contribution in [0.5, 0.6) is 0 Å². The highest BCUT2D eigenvalue weighted by molar-refractivity contribution is 5.04. The molecule has 1 fully saturated rings. The number of alkyl halides is 1. The number of nitrogens with zero attached hydrogens (tertiary/aromatic N) is 2.